The van der Waals surface area contributed by atoms with Crippen LogP contribution in [0.2, 0.25) is 0 Å². The summed E-state index contributed by atoms with van der Waals surface area (Å²) in [4.78, 5) is 11.6. The molecule has 0 aliphatic rings. The first kappa shape index (κ1) is 16.3. The van der Waals surface area contributed by atoms with Crippen molar-refractivity contribution in [1.29, 1.82) is 0 Å². The molecule has 112 valence electrons. The van der Waals surface area contributed by atoms with Gasteiger partial charge in [0, 0.05) is 11.6 Å². The SMILES string of the molecule is CCOC(=O)Cc1ccc(OC(C)C)cc1OC(C)C. The third-order valence-corrected chi connectivity index (χ3v) is 2.41. The van der Waals surface area contributed by atoms with E-state index in [0.717, 1.165) is 11.3 Å². The second kappa shape index (κ2) is 7.78. The van der Waals surface area contributed by atoms with Crippen molar-refractivity contribution < 1.29 is 19.0 Å². The van der Waals surface area contributed by atoms with Gasteiger partial charge in [0.15, 0.2) is 0 Å². The Hall–Kier alpha value is -1.71. The summed E-state index contributed by atoms with van der Waals surface area (Å²) in [6, 6.07) is 5.53. The van der Waals surface area contributed by atoms with E-state index in [1.807, 2.05) is 45.9 Å². The van der Waals surface area contributed by atoms with Gasteiger partial charge in [0.2, 0.25) is 0 Å². The first-order valence-electron chi connectivity index (χ1n) is 7.04. The van der Waals surface area contributed by atoms with Gasteiger partial charge in [-0.15, -0.1) is 0 Å². The topological polar surface area (TPSA) is 44.8 Å². The predicted molar refractivity (Wildman–Crippen MR) is 78.3 cm³/mol. The highest BCUT2D eigenvalue weighted by atomic mass is 16.5. The van der Waals surface area contributed by atoms with Crippen LogP contribution < -0.4 is 9.47 Å². The van der Waals surface area contributed by atoms with Gasteiger partial charge < -0.3 is 14.2 Å². The molecule has 0 radical (unpaired) electrons. The van der Waals surface area contributed by atoms with Crippen LogP contribution in [0.1, 0.15) is 40.2 Å². The van der Waals surface area contributed by atoms with Crippen molar-refractivity contribution in [2.75, 3.05) is 6.61 Å². The van der Waals surface area contributed by atoms with Crippen molar-refractivity contribution in [3.05, 3.63) is 23.8 Å². The molecule has 0 heterocycles. The first-order valence-corrected chi connectivity index (χ1v) is 7.04. The number of benzene rings is 1. The summed E-state index contributed by atoms with van der Waals surface area (Å²) in [6.07, 6.45) is 0.334. The molecule has 0 saturated carbocycles. The minimum atomic E-state index is -0.251. The average molecular weight is 280 g/mol. The lowest BCUT2D eigenvalue weighted by molar-refractivity contribution is -0.142. The van der Waals surface area contributed by atoms with Crippen LogP contribution in [0.25, 0.3) is 0 Å². The molecule has 0 spiro atoms. The normalized spacial score (nSPS) is 10.8. The zero-order valence-corrected chi connectivity index (χ0v) is 12.9. The Bertz CT molecular complexity index is 438. The Balaban J connectivity index is 2.94. The average Bonchev–Trinajstić information content (AvgIpc) is 2.31. The summed E-state index contributed by atoms with van der Waals surface area (Å²) < 4.78 is 16.4. The highest BCUT2D eigenvalue weighted by Gasteiger charge is 2.13. The summed E-state index contributed by atoms with van der Waals surface area (Å²) in [6.45, 7) is 10.0. The van der Waals surface area contributed by atoms with Gasteiger partial charge in [0.05, 0.1) is 25.2 Å². The van der Waals surface area contributed by atoms with Crippen molar-refractivity contribution >= 4 is 5.97 Å². The lowest BCUT2D eigenvalue weighted by Gasteiger charge is -2.17. The van der Waals surface area contributed by atoms with Crippen LogP contribution in [-0.2, 0) is 16.0 Å². The highest BCUT2D eigenvalue weighted by Crippen LogP contribution is 2.27. The third-order valence-electron chi connectivity index (χ3n) is 2.41. The Labute approximate surface area is 121 Å². The van der Waals surface area contributed by atoms with Crippen LogP contribution in [0.3, 0.4) is 0 Å². The quantitative estimate of drug-likeness (QED) is 0.718. The molecule has 0 aromatic heterocycles. The lowest BCUT2D eigenvalue weighted by Crippen LogP contribution is -2.12. The maximum absolute atomic E-state index is 11.6. The van der Waals surface area contributed by atoms with Gasteiger partial charge >= 0.3 is 5.97 Å². The summed E-state index contributed by atoms with van der Waals surface area (Å²) in [5.74, 6) is 1.16. The molecular weight excluding hydrogens is 256 g/mol. The molecule has 0 aliphatic carbocycles. The zero-order valence-electron chi connectivity index (χ0n) is 12.9. The number of hydrogen-bond donors (Lipinski definition) is 0. The molecule has 1 aromatic rings. The van der Waals surface area contributed by atoms with Crippen LogP contribution >= 0.6 is 0 Å². The van der Waals surface area contributed by atoms with Gasteiger partial charge in [0.1, 0.15) is 11.5 Å². The van der Waals surface area contributed by atoms with E-state index in [9.17, 15) is 4.79 Å². The van der Waals surface area contributed by atoms with E-state index < -0.39 is 0 Å². The van der Waals surface area contributed by atoms with Crippen molar-refractivity contribution in [2.45, 2.75) is 53.2 Å². The molecular formula is C16H24O4. The van der Waals surface area contributed by atoms with E-state index in [2.05, 4.69) is 0 Å². The fraction of sp³-hybridized carbons (Fsp3) is 0.562. The van der Waals surface area contributed by atoms with Crippen LogP contribution in [0, 0.1) is 0 Å². The van der Waals surface area contributed by atoms with Gasteiger partial charge in [-0.25, -0.2) is 0 Å². The fourth-order valence-electron chi connectivity index (χ4n) is 1.76. The molecule has 0 amide bonds. The van der Waals surface area contributed by atoms with Gasteiger partial charge in [-0.05, 0) is 40.7 Å². The molecule has 0 bridgehead atoms. The van der Waals surface area contributed by atoms with Gasteiger partial charge in [-0.2, -0.15) is 0 Å². The largest absolute Gasteiger partial charge is 0.491 e. The monoisotopic (exact) mass is 280 g/mol. The molecule has 4 nitrogen and oxygen atoms in total. The minimum absolute atomic E-state index is 0.0326. The maximum atomic E-state index is 11.6. The number of ether oxygens (including phenoxy) is 3. The Morgan fingerprint density at radius 2 is 1.75 bits per heavy atom. The van der Waals surface area contributed by atoms with Crippen LogP contribution in [0.15, 0.2) is 18.2 Å². The molecule has 20 heavy (non-hydrogen) atoms. The lowest BCUT2D eigenvalue weighted by atomic mass is 10.1. The van der Waals surface area contributed by atoms with Gasteiger partial charge in [0.25, 0.3) is 0 Å². The molecule has 1 rings (SSSR count). The molecule has 0 aliphatic heterocycles. The third kappa shape index (κ3) is 5.51. The van der Waals surface area contributed by atoms with Crippen molar-refractivity contribution in [1.82, 2.24) is 0 Å². The fourth-order valence-corrected chi connectivity index (χ4v) is 1.76. The van der Waals surface area contributed by atoms with E-state index >= 15 is 0 Å². The van der Waals surface area contributed by atoms with E-state index in [0.29, 0.717) is 12.4 Å². The molecule has 0 saturated heterocycles. The summed E-state index contributed by atoms with van der Waals surface area (Å²) in [5.41, 5.74) is 0.813. The Kier molecular flexibility index (Phi) is 6.36. The molecule has 1 aromatic carbocycles. The number of rotatable bonds is 7. The number of esters is 1. The standard InChI is InChI=1S/C16H24O4/c1-6-18-16(17)9-13-7-8-14(19-11(2)3)10-15(13)20-12(4)5/h7-8,10-12H,6,9H2,1-5H3. The summed E-state index contributed by atoms with van der Waals surface area (Å²) in [5, 5.41) is 0. The Morgan fingerprint density at radius 1 is 1.10 bits per heavy atom. The van der Waals surface area contributed by atoms with E-state index in [1.165, 1.54) is 0 Å². The number of hydrogen-bond acceptors (Lipinski definition) is 4. The summed E-state index contributed by atoms with van der Waals surface area (Å²) >= 11 is 0. The number of carbonyl (C=O) groups is 1. The van der Waals surface area contributed by atoms with Gasteiger partial charge in [-0.1, -0.05) is 6.07 Å². The van der Waals surface area contributed by atoms with E-state index in [1.54, 1.807) is 6.92 Å². The van der Waals surface area contributed by atoms with Gasteiger partial charge in [-0.3, -0.25) is 4.79 Å². The Morgan fingerprint density at radius 3 is 2.30 bits per heavy atom. The second-order valence-corrected chi connectivity index (χ2v) is 5.08. The van der Waals surface area contributed by atoms with E-state index in [4.69, 9.17) is 14.2 Å². The zero-order chi connectivity index (χ0) is 15.1. The van der Waals surface area contributed by atoms with Crippen LogP contribution in [0.5, 0.6) is 11.5 Å². The minimum Gasteiger partial charge on any atom is -0.491 e. The smallest absolute Gasteiger partial charge is 0.310 e. The predicted octanol–water partition coefficient (Wildman–Crippen LogP) is 3.37. The molecule has 0 N–H and O–H groups in total. The molecule has 0 unspecified atom stereocenters. The van der Waals surface area contributed by atoms with Crippen molar-refractivity contribution in [3.8, 4) is 11.5 Å². The molecule has 0 fully saturated rings. The van der Waals surface area contributed by atoms with E-state index in [-0.39, 0.29) is 24.6 Å². The molecule has 0 atom stereocenters. The van der Waals surface area contributed by atoms with Crippen LogP contribution in [-0.4, -0.2) is 24.8 Å². The summed E-state index contributed by atoms with van der Waals surface area (Å²) in [7, 11) is 0. The molecule has 4 heteroatoms. The highest BCUT2D eigenvalue weighted by molar-refractivity contribution is 5.73. The van der Waals surface area contributed by atoms with Crippen molar-refractivity contribution in [3.63, 3.8) is 0 Å². The maximum Gasteiger partial charge on any atom is 0.310 e. The second-order valence-electron chi connectivity index (χ2n) is 5.08. The first-order chi connectivity index (χ1) is 9.42. The van der Waals surface area contributed by atoms with Crippen LogP contribution in [0.4, 0.5) is 0 Å². The number of carbonyl (C=O) groups excluding carboxylic acids is 1. The van der Waals surface area contributed by atoms with Crippen molar-refractivity contribution in [2.24, 2.45) is 0 Å².